The third-order valence-corrected chi connectivity index (χ3v) is 1.79. The van der Waals surface area contributed by atoms with E-state index in [0.717, 1.165) is 0 Å². The van der Waals surface area contributed by atoms with Crippen molar-refractivity contribution in [3.8, 4) is 0 Å². The molecule has 0 N–H and O–H groups in total. The van der Waals surface area contributed by atoms with Crippen molar-refractivity contribution in [2.75, 3.05) is 6.26 Å². The van der Waals surface area contributed by atoms with E-state index in [1.807, 2.05) is 0 Å². The molecule has 0 spiro atoms. The van der Waals surface area contributed by atoms with E-state index < -0.39 is 0 Å². The lowest BCUT2D eigenvalue weighted by Gasteiger charge is -1.95. The van der Waals surface area contributed by atoms with E-state index in [2.05, 4.69) is 4.98 Å². The summed E-state index contributed by atoms with van der Waals surface area (Å²) < 4.78 is 1.71. The fourth-order valence-electron chi connectivity index (χ4n) is 0.658. The number of carbonyl (C=O) groups is 1. The standard InChI is InChI=1S/C6H8N2OS/c1-8-4-7-3-5(8)6(9)10-2/h3-4H,1-2H3. The summed E-state index contributed by atoms with van der Waals surface area (Å²) in [5.74, 6) is 0. The van der Waals surface area contributed by atoms with Crippen molar-refractivity contribution in [3.63, 3.8) is 0 Å². The quantitative estimate of drug-likeness (QED) is 0.606. The molecule has 0 aliphatic rings. The number of thioether (sulfide) groups is 1. The number of carbonyl (C=O) groups excluding carboxylic acids is 1. The molecule has 0 aromatic carbocycles. The lowest BCUT2D eigenvalue weighted by molar-refractivity contribution is 0.108. The monoisotopic (exact) mass is 156 g/mol. The van der Waals surface area contributed by atoms with Gasteiger partial charge in [0.05, 0.1) is 12.5 Å². The Morgan fingerprint density at radius 3 is 2.90 bits per heavy atom. The van der Waals surface area contributed by atoms with E-state index in [4.69, 9.17) is 0 Å². The molecule has 54 valence electrons. The first-order valence-corrected chi connectivity index (χ1v) is 4.03. The van der Waals surface area contributed by atoms with Gasteiger partial charge in [0.25, 0.3) is 0 Å². The minimum atomic E-state index is 0.0556. The van der Waals surface area contributed by atoms with Crippen LogP contribution in [0.4, 0.5) is 0 Å². The highest BCUT2D eigenvalue weighted by Crippen LogP contribution is 2.06. The largest absolute Gasteiger partial charge is 0.331 e. The average Bonchev–Trinajstić information content (AvgIpc) is 2.34. The third kappa shape index (κ3) is 1.21. The number of imidazole rings is 1. The Bertz CT molecular complexity index is 244. The lowest BCUT2D eigenvalue weighted by atomic mass is 10.5. The first-order valence-electron chi connectivity index (χ1n) is 2.80. The molecule has 4 heteroatoms. The molecule has 0 saturated carbocycles. The Kier molecular flexibility index (Phi) is 2.11. The van der Waals surface area contributed by atoms with E-state index in [0.29, 0.717) is 5.69 Å². The van der Waals surface area contributed by atoms with Crippen molar-refractivity contribution < 1.29 is 4.79 Å². The van der Waals surface area contributed by atoms with Gasteiger partial charge in [0.1, 0.15) is 5.69 Å². The average molecular weight is 156 g/mol. The highest BCUT2D eigenvalue weighted by Gasteiger charge is 2.06. The first-order chi connectivity index (χ1) is 4.75. The molecule has 1 aromatic heterocycles. The van der Waals surface area contributed by atoms with Crippen LogP contribution in [0.3, 0.4) is 0 Å². The molecule has 0 atom stereocenters. The Hall–Kier alpha value is -0.770. The molecular formula is C6H8N2OS. The van der Waals surface area contributed by atoms with Gasteiger partial charge in [0, 0.05) is 7.05 Å². The Balaban J connectivity index is 2.93. The molecule has 0 saturated heterocycles. The van der Waals surface area contributed by atoms with Crippen LogP contribution in [0.2, 0.25) is 0 Å². The maximum Gasteiger partial charge on any atom is 0.237 e. The minimum absolute atomic E-state index is 0.0556. The molecule has 0 fully saturated rings. The highest BCUT2D eigenvalue weighted by atomic mass is 32.2. The summed E-state index contributed by atoms with van der Waals surface area (Å²) in [4.78, 5) is 14.8. The van der Waals surface area contributed by atoms with Gasteiger partial charge in [-0.05, 0) is 6.26 Å². The lowest BCUT2D eigenvalue weighted by Crippen LogP contribution is -1.99. The van der Waals surface area contributed by atoms with Crippen molar-refractivity contribution in [2.45, 2.75) is 0 Å². The zero-order valence-electron chi connectivity index (χ0n) is 5.87. The number of nitrogens with zero attached hydrogens (tertiary/aromatic N) is 2. The molecule has 3 nitrogen and oxygen atoms in total. The number of aryl methyl sites for hydroxylation is 1. The fraction of sp³-hybridized carbons (Fsp3) is 0.333. The third-order valence-electron chi connectivity index (χ3n) is 1.21. The number of hydrogen-bond donors (Lipinski definition) is 0. The molecule has 0 radical (unpaired) electrons. The molecule has 0 aliphatic heterocycles. The van der Waals surface area contributed by atoms with Crippen molar-refractivity contribution in [1.29, 1.82) is 0 Å². The summed E-state index contributed by atoms with van der Waals surface area (Å²) in [6.07, 6.45) is 4.94. The Morgan fingerprint density at radius 1 is 1.80 bits per heavy atom. The van der Waals surface area contributed by atoms with Crippen molar-refractivity contribution in [1.82, 2.24) is 9.55 Å². The van der Waals surface area contributed by atoms with Gasteiger partial charge in [0.15, 0.2) is 0 Å². The summed E-state index contributed by atoms with van der Waals surface area (Å²) in [6.45, 7) is 0. The number of aromatic nitrogens is 2. The SMILES string of the molecule is CSC(=O)c1cncn1C. The molecule has 0 aliphatic carbocycles. The summed E-state index contributed by atoms with van der Waals surface area (Å²) in [7, 11) is 1.80. The number of hydrogen-bond acceptors (Lipinski definition) is 3. The zero-order valence-corrected chi connectivity index (χ0v) is 6.68. The van der Waals surface area contributed by atoms with Gasteiger partial charge in [-0.2, -0.15) is 0 Å². The molecule has 10 heavy (non-hydrogen) atoms. The second-order valence-corrected chi connectivity index (χ2v) is 2.66. The molecule has 1 aromatic rings. The highest BCUT2D eigenvalue weighted by molar-refractivity contribution is 8.13. The second-order valence-electron chi connectivity index (χ2n) is 1.88. The number of rotatable bonds is 1. The Labute approximate surface area is 63.4 Å². The zero-order chi connectivity index (χ0) is 7.56. The minimum Gasteiger partial charge on any atom is -0.331 e. The van der Waals surface area contributed by atoms with Gasteiger partial charge in [0.2, 0.25) is 5.12 Å². The van der Waals surface area contributed by atoms with Crippen LogP contribution in [0.1, 0.15) is 10.5 Å². The first kappa shape index (κ1) is 7.34. The van der Waals surface area contributed by atoms with Crippen LogP contribution in [0.5, 0.6) is 0 Å². The topological polar surface area (TPSA) is 34.9 Å². The van der Waals surface area contributed by atoms with Gasteiger partial charge in [-0.25, -0.2) is 4.98 Å². The van der Waals surface area contributed by atoms with Crippen LogP contribution < -0.4 is 0 Å². The van der Waals surface area contributed by atoms with Gasteiger partial charge < -0.3 is 4.57 Å². The van der Waals surface area contributed by atoms with E-state index in [1.54, 1.807) is 30.4 Å². The van der Waals surface area contributed by atoms with E-state index in [-0.39, 0.29) is 5.12 Å². The van der Waals surface area contributed by atoms with Crippen molar-refractivity contribution in [2.24, 2.45) is 7.05 Å². The van der Waals surface area contributed by atoms with Crippen LogP contribution in [0.25, 0.3) is 0 Å². The van der Waals surface area contributed by atoms with Crippen molar-refractivity contribution in [3.05, 3.63) is 18.2 Å². The van der Waals surface area contributed by atoms with Crippen LogP contribution in [0.15, 0.2) is 12.5 Å². The molecule has 0 amide bonds. The molecule has 0 bridgehead atoms. The van der Waals surface area contributed by atoms with Crippen LogP contribution in [0, 0.1) is 0 Å². The van der Waals surface area contributed by atoms with E-state index in [9.17, 15) is 4.79 Å². The van der Waals surface area contributed by atoms with Gasteiger partial charge in [-0.15, -0.1) is 0 Å². The molecular weight excluding hydrogens is 148 g/mol. The van der Waals surface area contributed by atoms with Crippen LogP contribution in [-0.4, -0.2) is 20.9 Å². The van der Waals surface area contributed by atoms with Crippen LogP contribution >= 0.6 is 11.8 Å². The summed E-state index contributed by atoms with van der Waals surface area (Å²) >= 11 is 1.20. The second kappa shape index (κ2) is 2.88. The Morgan fingerprint density at radius 2 is 2.50 bits per heavy atom. The molecule has 0 unspecified atom stereocenters. The summed E-state index contributed by atoms with van der Waals surface area (Å²) in [5.41, 5.74) is 0.646. The summed E-state index contributed by atoms with van der Waals surface area (Å²) in [5, 5.41) is 0.0556. The predicted molar refractivity (Wildman–Crippen MR) is 41.1 cm³/mol. The summed E-state index contributed by atoms with van der Waals surface area (Å²) in [6, 6.07) is 0. The van der Waals surface area contributed by atoms with Gasteiger partial charge in [-0.3, -0.25) is 4.79 Å². The normalized spacial score (nSPS) is 9.80. The fourth-order valence-corrected chi connectivity index (χ4v) is 1.06. The molecule has 1 rings (SSSR count). The maximum atomic E-state index is 11.0. The molecule has 1 heterocycles. The van der Waals surface area contributed by atoms with Crippen LogP contribution in [-0.2, 0) is 7.05 Å². The van der Waals surface area contributed by atoms with Crippen molar-refractivity contribution >= 4 is 16.9 Å². The maximum absolute atomic E-state index is 11.0. The smallest absolute Gasteiger partial charge is 0.237 e. The van der Waals surface area contributed by atoms with E-state index >= 15 is 0 Å². The van der Waals surface area contributed by atoms with Gasteiger partial charge >= 0.3 is 0 Å². The predicted octanol–water partition coefficient (Wildman–Crippen LogP) is 0.923. The van der Waals surface area contributed by atoms with E-state index in [1.165, 1.54) is 11.8 Å². The van der Waals surface area contributed by atoms with Gasteiger partial charge in [-0.1, -0.05) is 11.8 Å².